The van der Waals surface area contributed by atoms with Gasteiger partial charge in [0.05, 0.1) is 10.9 Å². The summed E-state index contributed by atoms with van der Waals surface area (Å²) in [5.74, 6) is -0.130. The summed E-state index contributed by atoms with van der Waals surface area (Å²) in [6, 6.07) is 6.05. The molecule has 1 aliphatic heterocycles. The standard InChI is InChI=1S/C16H25N3O3S/c1-16(2)9-6-10-17-14(16)15(20)18-12-7-5-8-13(11-12)23(21,22)19(3)4/h5,7-8,11,14,17H,6,9-10H2,1-4H3,(H,18,20). The van der Waals surface area contributed by atoms with Crippen molar-refractivity contribution < 1.29 is 13.2 Å². The number of hydrogen-bond acceptors (Lipinski definition) is 4. The summed E-state index contributed by atoms with van der Waals surface area (Å²) in [7, 11) is -0.554. The van der Waals surface area contributed by atoms with E-state index in [9.17, 15) is 13.2 Å². The predicted molar refractivity (Wildman–Crippen MR) is 90.8 cm³/mol. The number of piperidine rings is 1. The van der Waals surface area contributed by atoms with Crippen LogP contribution in [0.3, 0.4) is 0 Å². The zero-order valence-electron chi connectivity index (χ0n) is 14.1. The molecule has 1 aliphatic rings. The van der Waals surface area contributed by atoms with Gasteiger partial charge in [0.25, 0.3) is 0 Å². The largest absolute Gasteiger partial charge is 0.325 e. The van der Waals surface area contributed by atoms with Crippen LogP contribution in [0.15, 0.2) is 29.2 Å². The third-order valence-corrected chi connectivity index (χ3v) is 6.08. The van der Waals surface area contributed by atoms with Crippen LogP contribution in [-0.2, 0) is 14.8 Å². The summed E-state index contributed by atoms with van der Waals surface area (Å²) in [6.45, 7) is 4.95. The fourth-order valence-corrected chi connectivity index (χ4v) is 3.77. The first-order valence-corrected chi connectivity index (χ1v) is 9.15. The Morgan fingerprint density at radius 2 is 2.04 bits per heavy atom. The SMILES string of the molecule is CN(C)S(=O)(=O)c1cccc(NC(=O)C2NCCCC2(C)C)c1. The van der Waals surface area contributed by atoms with E-state index >= 15 is 0 Å². The Labute approximate surface area is 138 Å². The molecule has 0 aliphatic carbocycles. The Bertz CT molecular complexity index is 684. The molecule has 1 saturated heterocycles. The van der Waals surface area contributed by atoms with E-state index in [4.69, 9.17) is 0 Å². The van der Waals surface area contributed by atoms with Gasteiger partial charge in [-0.2, -0.15) is 0 Å². The topological polar surface area (TPSA) is 78.5 Å². The summed E-state index contributed by atoms with van der Waals surface area (Å²) < 4.78 is 25.5. The molecule has 7 heteroatoms. The zero-order valence-corrected chi connectivity index (χ0v) is 14.9. The highest BCUT2D eigenvalue weighted by Crippen LogP contribution is 2.31. The first kappa shape index (κ1) is 17.9. The zero-order chi connectivity index (χ0) is 17.3. The Kier molecular flexibility index (Phi) is 5.13. The summed E-state index contributed by atoms with van der Waals surface area (Å²) in [5, 5.41) is 6.09. The molecule has 1 atom stereocenters. The molecular weight excluding hydrogens is 314 g/mol. The summed E-state index contributed by atoms with van der Waals surface area (Å²) in [6.07, 6.45) is 2.03. The van der Waals surface area contributed by atoms with Crippen LogP contribution in [-0.4, -0.2) is 45.3 Å². The Morgan fingerprint density at radius 1 is 1.35 bits per heavy atom. The van der Waals surface area contributed by atoms with E-state index < -0.39 is 10.0 Å². The maximum Gasteiger partial charge on any atom is 0.242 e. The van der Waals surface area contributed by atoms with Crippen LogP contribution >= 0.6 is 0 Å². The van der Waals surface area contributed by atoms with Crippen molar-refractivity contribution in [1.82, 2.24) is 9.62 Å². The minimum Gasteiger partial charge on any atom is -0.325 e. The van der Waals surface area contributed by atoms with Crippen molar-refractivity contribution in [3.05, 3.63) is 24.3 Å². The lowest BCUT2D eigenvalue weighted by Crippen LogP contribution is -2.53. The van der Waals surface area contributed by atoms with Crippen LogP contribution in [0.1, 0.15) is 26.7 Å². The number of nitrogens with one attached hydrogen (secondary N) is 2. The summed E-state index contributed by atoms with van der Waals surface area (Å²) >= 11 is 0. The van der Waals surface area contributed by atoms with Gasteiger partial charge in [-0.25, -0.2) is 12.7 Å². The van der Waals surface area contributed by atoms with Crippen molar-refractivity contribution in [2.45, 2.75) is 37.6 Å². The second-order valence-electron chi connectivity index (χ2n) is 6.78. The number of amides is 1. The molecule has 1 fully saturated rings. The van der Waals surface area contributed by atoms with E-state index in [2.05, 4.69) is 24.5 Å². The van der Waals surface area contributed by atoms with Crippen molar-refractivity contribution in [2.75, 3.05) is 26.0 Å². The average molecular weight is 339 g/mol. The number of rotatable bonds is 4. The summed E-state index contributed by atoms with van der Waals surface area (Å²) in [5.41, 5.74) is 0.358. The molecule has 0 saturated carbocycles. The molecule has 0 bridgehead atoms. The summed E-state index contributed by atoms with van der Waals surface area (Å²) in [4.78, 5) is 12.7. The van der Waals surface area contributed by atoms with Gasteiger partial charge < -0.3 is 10.6 Å². The molecule has 1 unspecified atom stereocenters. The van der Waals surface area contributed by atoms with Crippen LogP contribution in [0, 0.1) is 5.41 Å². The van der Waals surface area contributed by atoms with Gasteiger partial charge >= 0.3 is 0 Å². The van der Waals surface area contributed by atoms with Gasteiger partial charge in [-0.05, 0) is 43.0 Å². The molecule has 1 amide bonds. The molecule has 2 N–H and O–H groups in total. The first-order chi connectivity index (χ1) is 10.6. The van der Waals surface area contributed by atoms with Gasteiger partial charge in [-0.15, -0.1) is 0 Å². The number of sulfonamides is 1. The highest BCUT2D eigenvalue weighted by atomic mass is 32.2. The maximum absolute atomic E-state index is 12.5. The molecule has 0 radical (unpaired) electrons. The van der Waals surface area contributed by atoms with Gasteiger partial charge in [-0.3, -0.25) is 4.79 Å². The van der Waals surface area contributed by atoms with Crippen molar-refractivity contribution in [1.29, 1.82) is 0 Å². The number of carbonyl (C=O) groups is 1. The van der Waals surface area contributed by atoms with Crippen molar-refractivity contribution in [3.63, 3.8) is 0 Å². The molecule has 1 aromatic carbocycles. The normalized spacial score (nSPS) is 21.2. The fourth-order valence-electron chi connectivity index (χ4n) is 2.82. The molecular formula is C16H25N3O3S. The third kappa shape index (κ3) is 3.91. The average Bonchev–Trinajstić information content (AvgIpc) is 2.46. The Hall–Kier alpha value is -1.44. The van der Waals surface area contributed by atoms with Crippen LogP contribution < -0.4 is 10.6 Å². The van der Waals surface area contributed by atoms with Gasteiger partial charge in [0.1, 0.15) is 0 Å². The molecule has 6 nitrogen and oxygen atoms in total. The van der Waals surface area contributed by atoms with Gasteiger partial charge in [-0.1, -0.05) is 19.9 Å². The first-order valence-electron chi connectivity index (χ1n) is 7.71. The van der Waals surface area contributed by atoms with Gasteiger partial charge in [0.2, 0.25) is 15.9 Å². The van der Waals surface area contributed by atoms with E-state index in [0.29, 0.717) is 5.69 Å². The number of hydrogen-bond donors (Lipinski definition) is 2. The van der Waals surface area contributed by atoms with Gasteiger partial charge in [0, 0.05) is 19.8 Å². The molecule has 0 spiro atoms. The molecule has 2 rings (SSSR count). The smallest absolute Gasteiger partial charge is 0.242 e. The van der Waals surface area contributed by atoms with E-state index in [1.165, 1.54) is 26.2 Å². The predicted octanol–water partition coefficient (Wildman–Crippen LogP) is 1.65. The van der Waals surface area contributed by atoms with Crippen molar-refractivity contribution >= 4 is 21.6 Å². The number of carbonyl (C=O) groups excluding carboxylic acids is 1. The van der Waals surface area contributed by atoms with Crippen LogP contribution in [0.4, 0.5) is 5.69 Å². The second-order valence-corrected chi connectivity index (χ2v) is 8.94. The molecule has 128 valence electrons. The molecule has 0 aromatic heterocycles. The monoisotopic (exact) mass is 339 g/mol. The third-order valence-electron chi connectivity index (χ3n) is 4.27. The van der Waals surface area contributed by atoms with Crippen LogP contribution in [0.5, 0.6) is 0 Å². The van der Waals surface area contributed by atoms with Crippen molar-refractivity contribution in [2.24, 2.45) is 5.41 Å². The Balaban J connectivity index is 2.19. The molecule has 23 heavy (non-hydrogen) atoms. The Morgan fingerprint density at radius 3 is 2.65 bits per heavy atom. The van der Waals surface area contributed by atoms with E-state index in [1.54, 1.807) is 12.1 Å². The van der Waals surface area contributed by atoms with Crippen LogP contribution in [0.25, 0.3) is 0 Å². The second kappa shape index (κ2) is 6.59. The fraction of sp³-hybridized carbons (Fsp3) is 0.562. The lowest BCUT2D eigenvalue weighted by molar-refractivity contribution is -0.121. The quantitative estimate of drug-likeness (QED) is 0.874. The number of anilines is 1. The lowest BCUT2D eigenvalue weighted by atomic mass is 9.77. The van der Waals surface area contributed by atoms with Gasteiger partial charge in [0.15, 0.2) is 0 Å². The van der Waals surface area contributed by atoms with E-state index in [1.807, 2.05) is 0 Å². The van der Waals surface area contributed by atoms with E-state index in [0.717, 1.165) is 23.7 Å². The lowest BCUT2D eigenvalue weighted by Gasteiger charge is -2.38. The maximum atomic E-state index is 12.5. The van der Waals surface area contributed by atoms with E-state index in [-0.39, 0.29) is 22.3 Å². The number of nitrogens with zero attached hydrogens (tertiary/aromatic N) is 1. The highest BCUT2D eigenvalue weighted by molar-refractivity contribution is 7.89. The minimum atomic E-state index is -3.52. The highest BCUT2D eigenvalue weighted by Gasteiger charge is 2.37. The minimum absolute atomic E-state index is 0.129. The molecule has 1 aromatic rings. The van der Waals surface area contributed by atoms with Crippen molar-refractivity contribution in [3.8, 4) is 0 Å². The van der Waals surface area contributed by atoms with Crippen LogP contribution in [0.2, 0.25) is 0 Å². The molecule has 1 heterocycles. The number of benzene rings is 1.